The average molecular weight is 365 g/mol. The predicted molar refractivity (Wildman–Crippen MR) is 97.7 cm³/mol. The van der Waals surface area contributed by atoms with Crippen LogP contribution >= 0.6 is 0 Å². The molecule has 0 amide bonds. The van der Waals surface area contributed by atoms with E-state index >= 15 is 0 Å². The van der Waals surface area contributed by atoms with Crippen molar-refractivity contribution in [1.29, 1.82) is 10.5 Å². The lowest BCUT2D eigenvalue weighted by atomic mass is 9.72. The van der Waals surface area contributed by atoms with Gasteiger partial charge in [0.25, 0.3) is 5.84 Å². The van der Waals surface area contributed by atoms with Crippen LogP contribution in [0.2, 0.25) is 0 Å². The molecule has 27 heavy (non-hydrogen) atoms. The molecule has 0 unspecified atom stereocenters. The van der Waals surface area contributed by atoms with Gasteiger partial charge in [-0.25, -0.2) is 4.99 Å². The van der Waals surface area contributed by atoms with Crippen molar-refractivity contribution in [2.45, 2.75) is 51.5 Å². The lowest BCUT2D eigenvalue weighted by Crippen LogP contribution is -2.90. The minimum absolute atomic E-state index is 0.183. The molecule has 3 aliphatic rings. The van der Waals surface area contributed by atoms with Crippen LogP contribution in [0.4, 0.5) is 0 Å². The van der Waals surface area contributed by atoms with Crippen molar-refractivity contribution in [1.82, 2.24) is 0 Å². The molecule has 1 spiro atoms. The predicted octanol–water partition coefficient (Wildman–Crippen LogP) is 0.935. The van der Waals surface area contributed by atoms with Crippen molar-refractivity contribution < 1.29 is 14.5 Å². The van der Waals surface area contributed by atoms with E-state index in [2.05, 4.69) is 43.1 Å². The van der Waals surface area contributed by atoms with E-state index in [1.165, 1.54) is 0 Å². The summed E-state index contributed by atoms with van der Waals surface area (Å²) in [6.45, 7) is 8.47. The average Bonchev–Trinajstić information content (AvgIpc) is 2.82. The number of nitrogens with zero attached hydrogens (tertiary/aromatic N) is 2. The molecule has 1 aromatic carbocycles. The lowest BCUT2D eigenvalue weighted by molar-refractivity contribution is -0.680. The number of nitrogens with two attached hydrogens (primary N) is 1. The number of ether oxygens (including phenoxy) is 2. The van der Waals surface area contributed by atoms with Crippen molar-refractivity contribution in [2.75, 3.05) is 6.61 Å². The molecule has 6 heteroatoms. The SMILES string of the molecule is C[C@@H]1CO[C@]2([NH+]=C(N)[C@@]3(C#N)[C@](C)(CC(C)(C)c4ccccc4)[C@@]23C#N)O1. The monoisotopic (exact) mass is 365 g/mol. The molecule has 1 aliphatic carbocycles. The Hall–Kier alpha value is -2.41. The molecule has 1 saturated heterocycles. The quantitative estimate of drug-likeness (QED) is 0.829. The summed E-state index contributed by atoms with van der Waals surface area (Å²) in [5.41, 5.74) is 4.13. The smallest absolute Gasteiger partial charge is 0.311 e. The fraction of sp³-hybridized carbons (Fsp3) is 0.571. The van der Waals surface area contributed by atoms with E-state index < -0.39 is 22.2 Å². The van der Waals surface area contributed by atoms with Crippen molar-refractivity contribution in [3.63, 3.8) is 0 Å². The van der Waals surface area contributed by atoms with Gasteiger partial charge in [-0.05, 0) is 24.3 Å². The molecule has 0 aromatic heterocycles. The van der Waals surface area contributed by atoms with Crippen LogP contribution in [0.3, 0.4) is 0 Å². The highest BCUT2D eigenvalue weighted by Gasteiger charge is 3.03. The van der Waals surface area contributed by atoms with E-state index in [4.69, 9.17) is 15.2 Å². The Kier molecular flexibility index (Phi) is 3.39. The maximum absolute atomic E-state index is 10.3. The number of fused-ring (bicyclic) bond motifs is 2. The highest BCUT2D eigenvalue weighted by Crippen LogP contribution is 2.85. The molecular formula is C21H25N4O2+. The largest absolute Gasteiger partial charge is 0.343 e. The van der Waals surface area contributed by atoms with E-state index in [0.29, 0.717) is 13.0 Å². The third kappa shape index (κ3) is 1.74. The summed E-state index contributed by atoms with van der Waals surface area (Å²) in [5, 5.41) is 20.5. The van der Waals surface area contributed by atoms with Gasteiger partial charge in [0.1, 0.15) is 0 Å². The van der Waals surface area contributed by atoms with Gasteiger partial charge in [0.2, 0.25) is 0 Å². The number of nitrogens with one attached hydrogen (secondary N) is 1. The molecular weight excluding hydrogens is 340 g/mol. The van der Waals surface area contributed by atoms with E-state index in [0.717, 1.165) is 5.56 Å². The van der Waals surface area contributed by atoms with Gasteiger partial charge in [-0.1, -0.05) is 51.1 Å². The third-order valence-corrected chi connectivity index (χ3v) is 6.93. The highest BCUT2D eigenvalue weighted by atomic mass is 16.8. The molecule has 4 rings (SSSR count). The molecule has 6 nitrogen and oxygen atoms in total. The Morgan fingerprint density at radius 1 is 1.26 bits per heavy atom. The van der Waals surface area contributed by atoms with Crippen molar-refractivity contribution >= 4 is 5.84 Å². The zero-order chi connectivity index (χ0) is 19.7. The maximum Gasteiger partial charge on any atom is 0.343 e. The van der Waals surface area contributed by atoms with E-state index in [1.807, 2.05) is 32.0 Å². The number of hydrogen-bond acceptors (Lipinski definition) is 5. The first-order valence-corrected chi connectivity index (χ1v) is 9.27. The summed E-state index contributed by atoms with van der Waals surface area (Å²) in [4.78, 5) is 3.03. The van der Waals surface area contributed by atoms with E-state index in [-0.39, 0.29) is 17.4 Å². The highest BCUT2D eigenvalue weighted by molar-refractivity contribution is 5.94. The van der Waals surface area contributed by atoms with E-state index in [9.17, 15) is 10.5 Å². The lowest BCUT2D eigenvalue weighted by Gasteiger charge is -2.33. The standard InChI is InChI=1S/C21H24N4O2/c1-14-10-26-21(27-14)20(13-23)18(4,19(20,12-22)16(24)25-21)11-17(2,3)15-8-6-5-7-9-15/h5-9,14H,10-11H2,1-4H3,(H2,24,25)/p+1/t14-,18+,19+,20-,21+/m1/s1. The van der Waals surface area contributed by atoms with Gasteiger partial charge in [0.15, 0.2) is 10.8 Å². The molecule has 3 N–H and O–H groups in total. The van der Waals surface area contributed by atoms with Gasteiger partial charge in [-0.3, -0.25) is 5.73 Å². The number of benzene rings is 1. The summed E-state index contributed by atoms with van der Waals surface area (Å²) in [6, 6.07) is 14.9. The Labute approximate surface area is 159 Å². The normalized spacial score (nSPS) is 42.3. The van der Waals surface area contributed by atoms with Crippen molar-refractivity contribution in [2.24, 2.45) is 22.0 Å². The van der Waals surface area contributed by atoms with Crippen LogP contribution in [0.25, 0.3) is 0 Å². The second-order valence-corrected chi connectivity index (χ2v) is 8.88. The van der Waals surface area contributed by atoms with Gasteiger partial charge in [-0.15, -0.1) is 0 Å². The topological polar surface area (TPSA) is 106 Å². The minimum Gasteiger partial charge on any atom is -0.311 e. The molecule has 2 heterocycles. The van der Waals surface area contributed by atoms with Crippen molar-refractivity contribution in [3.05, 3.63) is 35.9 Å². The summed E-state index contributed by atoms with van der Waals surface area (Å²) >= 11 is 0. The molecule has 5 atom stereocenters. The van der Waals surface area contributed by atoms with E-state index in [1.54, 1.807) is 0 Å². The second kappa shape index (κ2) is 5.10. The molecule has 1 saturated carbocycles. The first kappa shape index (κ1) is 18.0. The van der Waals surface area contributed by atoms with Gasteiger partial charge >= 0.3 is 5.91 Å². The Bertz CT molecular complexity index is 914. The summed E-state index contributed by atoms with van der Waals surface area (Å²) < 4.78 is 12.0. The number of amidine groups is 1. The number of hydrogen-bond donors (Lipinski definition) is 2. The number of rotatable bonds is 3. The fourth-order valence-electron chi connectivity index (χ4n) is 5.79. The summed E-state index contributed by atoms with van der Waals surface area (Å²) in [6.07, 6.45) is 0.410. The molecule has 140 valence electrons. The van der Waals surface area contributed by atoms with Crippen LogP contribution in [-0.4, -0.2) is 24.5 Å². The maximum atomic E-state index is 10.3. The van der Waals surface area contributed by atoms with Gasteiger partial charge in [0, 0.05) is 5.41 Å². The van der Waals surface area contributed by atoms with Crippen molar-refractivity contribution in [3.8, 4) is 12.1 Å². The molecule has 1 aromatic rings. The van der Waals surface area contributed by atoms with Gasteiger partial charge in [-0.2, -0.15) is 10.5 Å². The number of nitriles is 2. The second-order valence-electron chi connectivity index (χ2n) is 8.88. The van der Waals surface area contributed by atoms with Crippen LogP contribution in [-0.2, 0) is 14.9 Å². The molecule has 0 bridgehead atoms. The first-order chi connectivity index (χ1) is 12.7. The van der Waals surface area contributed by atoms with Gasteiger partial charge in [0.05, 0.1) is 24.8 Å². The Morgan fingerprint density at radius 3 is 2.44 bits per heavy atom. The molecule has 0 radical (unpaired) electrons. The molecule has 2 aliphatic heterocycles. The molecule has 2 fully saturated rings. The third-order valence-electron chi connectivity index (χ3n) is 6.93. The Morgan fingerprint density at radius 2 is 1.93 bits per heavy atom. The fourth-order valence-corrected chi connectivity index (χ4v) is 5.79. The zero-order valence-electron chi connectivity index (χ0n) is 16.2. The zero-order valence-corrected chi connectivity index (χ0v) is 16.2. The van der Waals surface area contributed by atoms with Crippen LogP contribution in [0.5, 0.6) is 0 Å². The minimum atomic E-state index is -1.37. The summed E-state index contributed by atoms with van der Waals surface area (Å²) in [5.74, 6) is -1.10. The summed E-state index contributed by atoms with van der Waals surface area (Å²) in [7, 11) is 0. The van der Waals surface area contributed by atoms with Crippen LogP contribution in [0.15, 0.2) is 30.3 Å². The first-order valence-electron chi connectivity index (χ1n) is 9.27. The Balaban J connectivity index is 1.83. The van der Waals surface area contributed by atoms with Crippen LogP contribution in [0, 0.1) is 38.9 Å². The van der Waals surface area contributed by atoms with Crippen LogP contribution < -0.4 is 10.7 Å². The van der Waals surface area contributed by atoms with Gasteiger partial charge < -0.3 is 9.47 Å². The van der Waals surface area contributed by atoms with Crippen LogP contribution in [0.1, 0.15) is 39.7 Å².